The number of piperidine rings is 1. The van der Waals surface area contributed by atoms with Crippen LogP contribution in [0.2, 0.25) is 0 Å². The minimum atomic E-state index is -4.78. The van der Waals surface area contributed by atoms with Crippen molar-refractivity contribution < 1.29 is 33.6 Å². The van der Waals surface area contributed by atoms with Crippen LogP contribution >= 0.6 is 7.82 Å². The molecule has 0 spiro atoms. The van der Waals surface area contributed by atoms with Crippen molar-refractivity contribution in [3.63, 3.8) is 0 Å². The first-order chi connectivity index (χ1) is 17.7. The number of phosphoric ester groups is 1. The minimum absolute atomic E-state index is 0.0247. The molecule has 1 aromatic rings. The molecular formula is C27H44N3O7P. The fraction of sp³-hybridized carbons (Fsp3) is 0.704. The van der Waals surface area contributed by atoms with Gasteiger partial charge in [0.05, 0.1) is 18.2 Å². The summed E-state index contributed by atoms with van der Waals surface area (Å²) in [7, 11) is -4.78. The summed E-state index contributed by atoms with van der Waals surface area (Å²) in [5.74, 6) is 0.437. The average molecular weight is 554 g/mol. The van der Waals surface area contributed by atoms with Crippen LogP contribution < -0.4 is 15.2 Å². The Labute approximate surface area is 225 Å². The molecular weight excluding hydrogens is 509 g/mol. The monoisotopic (exact) mass is 553 g/mol. The molecule has 3 rings (SSSR count). The van der Waals surface area contributed by atoms with Crippen molar-refractivity contribution in [2.75, 3.05) is 13.1 Å². The van der Waals surface area contributed by atoms with Gasteiger partial charge in [-0.25, -0.2) is 4.57 Å². The number of aliphatic hydroxyl groups is 1. The smallest absolute Gasteiger partial charge is 0.404 e. The van der Waals surface area contributed by atoms with E-state index >= 15 is 0 Å². The van der Waals surface area contributed by atoms with E-state index in [1.807, 2.05) is 27.7 Å². The van der Waals surface area contributed by atoms with Crippen molar-refractivity contribution in [1.82, 2.24) is 15.5 Å². The lowest BCUT2D eigenvalue weighted by molar-refractivity contribution is -0.132. The van der Waals surface area contributed by atoms with E-state index in [1.54, 1.807) is 6.92 Å². The number of hydrogen-bond acceptors (Lipinski definition) is 6. The second-order valence-corrected chi connectivity index (χ2v) is 13.0. The number of fused-ring (bicyclic) bond motifs is 1. The third-order valence-corrected chi connectivity index (χ3v) is 8.13. The van der Waals surface area contributed by atoms with Gasteiger partial charge < -0.3 is 20.3 Å². The molecule has 0 radical (unpaired) electrons. The highest BCUT2D eigenvalue weighted by Gasteiger charge is 2.41. The molecule has 0 unspecified atom stereocenters. The predicted octanol–water partition coefficient (Wildman–Crippen LogP) is 3.13. The fourth-order valence-corrected chi connectivity index (χ4v) is 6.25. The summed E-state index contributed by atoms with van der Waals surface area (Å²) in [5, 5.41) is 17.2. The molecule has 0 bridgehead atoms. The highest BCUT2D eigenvalue weighted by Crippen LogP contribution is 2.40. The zero-order valence-corrected chi connectivity index (χ0v) is 24.0. The van der Waals surface area contributed by atoms with Gasteiger partial charge in [-0.3, -0.25) is 24.3 Å². The number of nitrogens with zero attached hydrogens (tertiary/aromatic N) is 1. The molecule has 1 heterocycles. The summed E-state index contributed by atoms with van der Waals surface area (Å²) >= 11 is 0. The Kier molecular flexibility index (Phi) is 10.0. The van der Waals surface area contributed by atoms with E-state index in [1.165, 1.54) is 31.0 Å². The van der Waals surface area contributed by atoms with E-state index in [9.17, 15) is 19.3 Å². The highest BCUT2D eigenvalue weighted by molar-refractivity contribution is 7.46. The Morgan fingerprint density at radius 2 is 1.84 bits per heavy atom. The Morgan fingerprint density at radius 3 is 2.45 bits per heavy atom. The summed E-state index contributed by atoms with van der Waals surface area (Å²) in [4.78, 5) is 46.8. The van der Waals surface area contributed by atoms with Crippen LogP contribution in [0.3, 0.4) is 0 Å². The standard InChI is InChI=1S/C27H44N3O7P/c1-6-21(28-25(32)20-12-9-13-24(17(20)2)37-38(34,35)36)23(31)16-30-15-19-11-8-7-10-18(19)14-22(30)26(33)29-27(3,4)5/h9,12-13,18-19,21-23,31H,6-8,10-11,14-16H2,1-5H3,(H,28,32)(H,29,33)(H2,34,35,36)/t18-,19+,21-,22-,23+/m0/s1. The second kappa shape index (κ2) is 12.5. The van der Waals surface area contributed by atoms with Crippen molar-refractivity contribution in [2.45, 2.75) is 96.9 Å². The predicted molar refractivity (Wildman–Crippen MR) is 145 cm³/mol. The van der Waals surface area contributed by atoms with E-state index in [0.717, 1.165) is 25.8 Å². The van der Waals surface area contributed by atoms with Gasteiger partial charge >= 0.3 is 7.82 Å². The highest BCUT2D eigenvalue weighted by atomic mass is 31.2. The first-order valence-corrected chi connectivity index (χ1v) is 15.1. The van der Waals surface area contributed by atoms with Gasteiger partial charge in [-0.05, 0) is 70.9 Å². The molecule has 38 heavy (non-hydrogen) atoms. The summed E-state index contributed by atoms with van der Waals surface area (Å²) < 4.78 is 16.0. The van der Waals surface area contributed by atoms with Crippen LogP contribution in [0.25, 0.3) is 0 Å². The number of phosphoric acid groups is 1. The SMILES string of the molecule is CC[C@H](NC(=O)c1cccc(OP(=O)(O)O)c1C)[C@H](O)CN1C[C@H]2CCCC[C@H]2C[C@H]1C(=O)NC(C)(C)C. The van der Waals surface area contributed by atoms with E-state index in [-0.39, 0.29) is 40.9 Å². The Morgan fingerprint density at radius 1 is 1.18 bits per heavy atom. The zero-order valence-electron chi connectivity index (χ0n) is 23.1. The number of carbonyl (C=O) groups excluding carboxylic acids is 2. The van der Waals surface area contributed by atoms with Gasteiger partial charge in [-0.1, -0.05) is 32.3 Å². The normalized spacial score (nSPS) is 24.2. The van der Waals surface area contributed by atoms with Gasteiger partial charge in [0, 0.05) is 29.8 Å². The first kappa shape index (κ1) is 30.6. The lowest BCUT2D eigenvalue weighted by Crippen LogP contribution is -2.60. The van der Waals surface area contributed by atoms with Crippen molar-refractivity contribution >= 4 is 19.6 Å². The van der Waals surface area contributed by atoms with Crippen LogP contribution in [0, 0.1) is 18.8 Å². The summed E-state index contributed by atoms with van der Waals surface area (Å²) in [6, 6.07) is 3.49. The topological polar surface area (TPSA) is 148 Å². The quantitative estimate of drug-likeness (QED) is 0.293. The molecule has 2 aliphatic rings. The Balaban J connectivity index is 1.73. The lowest BCUT2D eigenvalue weighted by Gasteiger charge is -2.47. The zero-order chi connectivity index (χ0) is 28.3. The van der Waals surface area contributed by atoms with Gasteiger partial charge in [-0.15, -0.1) is 0 Å². The number of rotatable bonds is 9. The van der Waals surface area contributed by atoms with E-state index in [2.05, 4.69) is 15.5 Å². The van der Waals surface area contributed by atoms with Gasteiger partial charge in [-0.2, -0.15) is 0 Å². The van der Waals surface area contributed by atoms with Crippen LogP contribution in [0.4, 0.5) is 0 Å². The molecule has 0 aromatic heterocycles. The maximum Gasteiger partial charge on any atom is 0.524 e. The molecule has 1 saturated carbocycles. The maximum atomic E-state index is 13.3. The largest absolute Gasteiger partial charge is 0.524 e. The third-order valence-electron chi connectivity index (χ3n) is 7.69. The number of carbonyl (C=O) groups is 2. The van der Waals surface area contributed by atoms with Gasteiger partial charge in [0.2, 0.25) is 5.91 Å². The lowest BCUT2D eigenvalue weighted by atomic mass is 9.72. The number of hydrogen-bond donors (Lipinski definition) is 5. The number of nitrogens with one attached hydrogen (secondary N) is 2. The van der Waals surface area contributed by atoms with Crippen LogP contribution in [-0.2, 0) is 9.36 Å². The molecule has 2 fully saturated rings. The van der Waals surface area contributed by atoms with E-state index < -0.39 is 25.9 Å². The number of β-amino-alcohol motifs (C(OH)–C–C–N with tert-alkyl or cyclic N) is 1. The number of amides is 2. The van der Waals surface area contributed by atoms with Gasteiger partial charge in [0.1, 0.15) is 5.75 Å². The average Bonchev–Trinajstić information content (AvgIpc) is 2.81. The molecule has 1 saturated heterocycles. The van der Waals surface area contributed by atoms with Crippen molar-refractivity contribution in [3.8, 4) is 5.75 Å². The maximum absolute atomic E-state index is 13.3. The Hall–Kier alpha value is -1.97. The molecule has 1 aromatic carbocycles. The molecule has 1 aliphatic carbocycles. The summed E-state index contributed by atoms with van der Waals surface area (Å²) in [6.45, 7) is 10.3. The third kappa shape index (κ3) is 8.26. The number of likely N-dealkylation sites (tertiary alicyclic amines) is 1. The van der Waals surface area contributed by atoms with Crippen LogP contribution in [0.5, 0.6) is 5.75 Å². The number of benzene rings is 1. The van der Waals surface area contributed by atoms with E-state index in [0.29, 0.717) is 18.3 Å². The molecule has 1 aliphatic heterocycles. The molecule has 5 N–H and O–H groups in total. The molecule has 5 atom stereocenters. The van der Waals surface area contributed by atoms with Crippen LogP contribution in [0.15, 0.2) is 18.2 Å². The van der Waals surface area contributed by atoms with Crippen molar-refractivity contribution in [3.05, 3.63) is 29.3 Å². The second-order valence-electron chi connectivity index (χ2n) is 11.8. The molecule has 2 amide bonds. The van der Waals surface area contributed by atoms with E-state index in [4.69, 9.17) is 14.3 Å². The number of aliphatic hydroxyl groups excluding tert-OH is 1. The van der Waals surface area contributed by atoms with Gasteiger partial charge in [0.25, 0.3) is 5.91 Å². The van der Waals surface area contributed by atoms with Crippen molar-refractivity contribution in [2.24, 2.45) is 11.8 Å². The van der Waals surface area contributed by atoms with Crippen molar-refractivity contribution in [1.29, 1.82) is 0 Å². The molecule has 214 valence electrons. The van der Waals surface area contributed by atoms with Crippen LogP contribution in [0.1, 0.15) is 82.1 Å². The summed E-state index contributed by atoms with van der Waals surface area (Å²) in [5.41, 5.74) is 0.128. The first-order valence-electron chi connectivity index (χ1n) is 13.6. The molecule has 11 heteroatoms. The molecule has 10 nitrogen and oxygen atoms in total. The van der Waals surface area contributed by atoms with Gasteiger partial charge in [0.15, 0.2) is 0 Å². The summed E-state index contributed by atoms with van der Waals surface area (Å²) in [6.07, 6.45) is 4.97. The van der Waals surface area contributed by atoms with Crippen LogP contribution in [-0.4, -0.2) is 68.4 Å². The fourth-order valence-electron chi connectivity index (χ4n) is 5.80. The minimum Gasteiger partial charge on any atom is -0.404 e. The Bertz CT molecular complexity index is 1040.